The van der Waals surface area contributed by atoms with Gasteiger partial charge in [-0.2, -0.15) is 0 Å². The Hall–Kier alpha value is -2.02. The summed E-state index contributed by atoms with van der Waals surface area (Å²) in [5.41, 5.74) is 3.30. The van der Waals surface area contributed by atoms with Crippen LogP contribution < -0.4 is 5.32 Å². The summed E-state index contributed by atoms with van der Waals surface area (Å²) in [4.78, 5) is 18.5. The largest absolute Gasteiger partial charge is 0.359 e. The lowest BCUT2D eigenvalue weighted by atomic mass is 10.3. The molecule has 0 radical (unpaired) electrons. The summed E-state index contributed by atoms with van der Waals surface area (Å²) in [5, 5.41) is 15.6. The quantitative estimate of drug-likeness (QED) is 0.665. The summed E-state index contributed by atoms with van der Waals surface area (Å²) in [6.07, 6.45) is 1.59. The number of pyridine rings is 1. The standard InChI is InChI=1S/C10H10N4O2S/c1-7-2-9(14(15)16)10(11-3-7)12-4-8-5-17-6-13-8/h2-3,5-6H,4H2,1H3,(H,11,12). The molecule has 7 heteroatoms. The normalized spacial score (nSPS) is 10.2. The van der Waals surface area contributed by atoms with Crippen LogP contribution in [0.15, 0.2) is 23.2 Å². The zero-order chi connectivity index (χ0) is 12.3. The van der Waals surface area contributed by atoms with Crippen LogP contribution in [0.3, 0.4) is 0 Å². The van der Waals surface area contributed by atoms with Gasteiger partial charge in [-0.3, -0.25) is 10.1 Å². The lowest BCUT2D eigenvalue weighted by molar-refractivity contribution is -0.384. The van der Waals surface area contributed by atoms with Crippen molar-refractivity contribution in [2.75, 3.05) is 5.32 Å². The number of nitrogens with one attached hydrogen (secondary N) is 1. The van der Waals surface area contributed by atoms with Crippen LogP contribution in [0.25, 0.3) is 0 Å². The van der Waals surface area contributed by atoms with E-state index in [9.17, 15) is 10.1 Å². The molecule has 2 rings (SSSR count). The van der Waals surface area contributed by atoms with Crippen LogP contribution >= 0.6 is 11.3 Å². The summed E-state index contributed by atoms with van der Waals surface area (Å²) >= 11 is 1.48. The van der Waals surface area contributed by atoms with Crippen molar-refractivity contribution >= 4 is 22.8 Å². The van der Waals surface area contributed by atoms with Crippen LogP contribution in [-0.2, 0) is 6.54 Å². The molecule has 0 aliphatic heterocycles. The van der Waals surface area contributed by atoms with E-state index in [1.54, 1.807) is 18.6 Å². The van der Waals surface area contributed by atoms with Crippen molar-refractivity contribution in [1.29, 1.82) is 0 Å². The molecule has 6 nitrogen and oxygen atoms in total. The summed E-state index contributed by atoms with van der Waals surface area (Å²) < 4.78 is 0. The molecule has 0 saturated heterocycles. The molecule has 0 spiro atoms. The van der Waals surface area contributed by atoms with Gasteiger partial charge in [0.15, 0.2) is 0 Å². The van der Waals surface area contributed by atoms with E-state index in [4.69, 9.17) is 0 Å². The van der Waals surface area contributed by atoms with E-state index in [-0.39, 0.29) is 11.5 Å². The van der Waals surface area contributed by atoms with Crippen molar-refractivity contribution in [3.8, 4) is 0 Å². The molecule has 88 valence electrons. The van der Waals surface area contributed by atoms with Crippen molar-refractivity contribution in [3.63, 3.8) is 0 Å². The highest BCUT2D eigenvalue weighted by Crippen LogP contribution is 2.22. The Kier molecular flexibility index (Phi) is 3.29. The molecule has 0 atom stereocenters. The Morgan fingerprint density at radius 3 is 3.00 bits per heavy atom. The van der Waals surface area contributed by atoms with Crippen molar-refractivity contribution in [3.05, 3.63) is 44.5 Å². The highest BCUT2D eigenvalue weighted by Gasteiger charge is 2.15. The average Bonchev–Trinajstić information content (AvgIpc) is 2.80. The molecule has 17 heavy (non-hydrogen) atoms. The second kappa shape index (κ2) is 4.88. The third kappa shape index (κ3) is 2.76. The van der Waals surface area contributed by atoms with Crippen molar-refractivity contribution in [2.45, 2.75) is 13.5 Å². The van der Waals surface area contributed by atoms with Gasteiger partial charge in [-0.25, -0.2) is 9.97 Å². The highest BCUT2D eigenvalue weighted by molar-refractivity contribution is 7.07. The number of hydrogen-bond acceptors (Lipinski definition) is 6. The fourth-order valence-corrected chi connectivity index (χ4v) is 1.89. The van der Waals surface area contributed by atoms with Gasteiger partial charge in [0.2, 0.25) is 5.82 Å². The number of hydrogen-bond donors (Lipinski definition) is 1. The SMILES string of the molecule is Cc1cnc(NCc2cscn2)c([N+](=O)[O-])c1. The maximum atomic E-state index is 10.8. The van der Waals surface area contributed by atoms with Crippen LogP contribution in [0.4, 0.5) is 11.5 Å². The molecule has 2 heterocycles. The third-order valence-corrected chi connectivity index (χ3v) is 2.76. The molecule has 0 fully saturated rings. The lowest BCUT2D eigenvalue weighted by Gasteiger charge is -2.04. The van der Waals surface area contributed by atoms with Gasteiger partial charge in [0, 0.05) is 17.6 Å². The average molecular weight is 250 g/mol. The molecule has 0 aromatic carbocycles. The number of nitro groups is 1. The van der Waals surface area contributed by atoms with Gasteiger partial charge < -0.3 is 5.32 Å². The topological polar surface area (TPSA) is 81.0 Å². The van der Waals surface area contributed by atoms with Crippen LogP contribution in [0, 0.1) is 17.0 Å². The van der Waals surface area contributed by atoms with Gasteiger partial charge in [0.05, 0.1) is 22.7 Å². The van der Waals surface area contributed by atoms with Crippen molar-refractivity contribution in [2.24, 2.45) is 0 Å². The van der Waals surface area contributed by atoms with E-state index in [1.807, 2.05) is 5.38 Å². The van der Waals surface area contributed by atoms with Gasteiger partial charge in [0.25, 0.3) is 0 Å². The number of nitrogens with zero attached hydrogens (tertiary/aromatic N) is 3. The number of rotatable bonds is 4. The Balaban J connectivity index is 2.17. The molecular weight excluding hydrogens is 240 g/mol. The van der Waals surface area contributed by atoms with E-state index in [2.05, 4.69) is 15.3 Å². The first kappa shape index (κ1) is 11.5. The van der Waals surface area contributed by atoms with Crippen LogP contribution in [-0.4, -0.2) is 14.9 Å². The predicted octanol–water partition coefficient (Wildman–Crippen LogP) is 2.37. The molecule has 2 aromatic rings. The van der Waals surface area contributed by atoms with E-state index in [0.717, 1.165) is 11.3 Å². The molecule has 0 amide bonds. The first-order valence-corrected chi connectivity index (χ1v) is 5.83. The number of anilines is 1. The summed E-state index contributed by atoms with van der Waals surface area (Å²) in [6.45, 7) is 2.20. The Bertz CT molecular complexity index is 527. The van der Waals surface area contributed by atoms with E-state index >= 15 is 0 Å². The number of aromatic nitrogens is 2. The fourth-order valence-electron chi connectivity index (χ4n) is 1.33. The van der Waals surface area contributed by atoms with Crippen LogP contribution in [0.2, 0.25) is 0 Å². The van der Waals surface area contributed by atoms with Crippen molar-refractivity contribution in [1.82, 2.24) is 9.97 Å². The van der Waals surface area contributed by atoms with E-state index < -0.39 is 4.92 Å². The second-order valence-electron chi connectivity index (χ2n) is 3.47. The Labute approximate surface area is 102 Å². The first-order valence-electron chi connectivity index (χ1n) is 4.89. The molecular formula is C10H10N4O2S. The van der Waals surface area contributed by atoms with Crippen LogP contribution in [0.1, 0.15) is 11.3 Å². The number of thiazole rings is 1. The maximum absolute atomic E-state index is 10.8. The minimum Gasteiger partial charge on any atom is -0.359 e. The smallest absolute Gasteiger partial charge is 0.311 e. The van der Waals surface area contributed by atoms with Gasteiger partial charge in [-0.15, -0.1) is 11.3 Å². The van der Waals surface area contributed by atoms with Gasteiger partial charge in [0.1, 0.15) is 0 Å². The molecule has 0 unspecified atom stereocenters. The minimum atomic E-state index is -0.441. The Morgan fingerprint density at radius 2 is 2.35 bits per heavy atom. The lowest BCUT2D eigenvalue weighted by Crippen LogP contribution is -2.05. The van der Waals surface area contributed by atoms with Crippen LogP contribution in [0.5, 0.6) is 0 Å². The summed E-state index contributed by atoms with van der Waals surface area (Å²) in [6, 6.07) is 1.50. The molecule has 0 aliphatic carbocycles. The highest BCUT2D eigenvalue weighted by atomic mass is 32.1. The second-order valence-corrected chi connectivity index (χ2v) is 4.19. The van der Waals surface area contributed by atoms with Gasteiger partial charge in [-0.1, -0.05) is 0 Å². The summed E-state index contributed by atoms with van der Waals surface area (Å²) in [5.74, 6) is 0.272. The van der Waals surface area contributed by atoms with Crippen molar-refractivity contribution < 1.29 is 4.92 Å². The summed E-state index contributed by atoms with van der Waals surface area (Å²) in [7, 11) is 0. The first-order chi connectivity index (χ1) is 8.16. The van der Waals surface area contributed by atoms with E-state index in [0.29, 0.717) is 6.54 Å². The molecule has 0 saturated carbocycles. The zero-order valence-electron chi connectivity index (χ0n) is 9.08. The monoisotopic (exact) mass is 250 g/mol. The zero-order valence-corrected chi connectivity index (χ0v) is 9.90. The van der Waals surface area contributed by atoms with E-state index in [1.165, 1.54) is 17.4 Å². The molecule has 0 aliphatic rings. The maximum Gasteiger partial charge on any atom is 0.311 e. The minimum absolute atomic E-state index is 0.0137. The van der Waals surface area contributed by atoms with Gasteiger partial charge >= 0.3 is 5.69 Å². The van der Waals surface area contributed by atoms with Gasteiger partial charge in [-0.05, 0) is 12.5 Å². The Morgan fingerprint density at radius 1 is 1.53 bits per heavy atom. The fraction of sp³-hybridized carbons (Fsp3) is 0.200. The molecule has 1 N–H and O–H groups in total. The molecule has 0 bridgehead atoms. The third-order valence-electron chi connectivity index (χ3n) is 2.12. The predicted molar refractivity (Wildman–Crippen MR) is 65.1 cm³/mol. The number of aryl methyl sites for hydroxylation is 1. The molecule has 2 aromatic heterocycles.